The molecular formula is C11H14N2O7. The van der Waals surface area contributed by atoms with E-state index < -0.39 is 41.2 Å². The largest absolute Gasteiger partial charge is 0.479 e. The van der Waals surface area contributed by atoms with Gasteiger partial charge in [0.1, 0.15) is 6.23 Å². The molecule has 4 N–H and O–H groups in total. The fourth-order valence-corrected chi connectivity index (χ4v) is 2.07. The zero-order valence-corrected chi connectivity index (χ0v) is 10.4. The minimum absolute atomic E-state index is 0.195. The Hall–Kier alpha value is -1.97. The highest BCUT2D eigenvalue weighted by Crippen LogP contribution is 2.26. The third-order valence-electron chi connectivity index (χ3n) is 3.12. The second-order valence-corrected chi connectivity index (χ2v) is 4.46. The van der Waals surface area contributed by atoms with Gasteiger partial charge in [-0.3, -0.25) is 14.3 Å². The second kappa shape index (κ2) is 5.57. The van der Waals surface area contributed by atoms with Gasteiger partial charge in [-0.05, 0) is 12.8 Å². The Morgan fingerprint density at radius 1 is 1.50 bits per heavy atom. The Labute approximate surface area is 112 Å². The van der Waals surface area contributed by atoms with Crippen LogP contribution in [0, 0.1) is 0 Å². The van der Waals surface area contributed by atoms with E-state index in [1.807, 2.05) is 4.98 Å². The van der Waals surface area contributed by atoms with Crippen molar-refractivity contribution in [3.63, 3.8) is 0 Å². The number of hydrogen-bond acceptors (Lipinski definition) is 6. The van der Waals surface area contributed by atoms with E-state index >= 15 is 0 Å². The van der Waals surface area contributed by atoms with Crippen LogP contribution >= 0.6 is 0 Å². The summed E-state index contributed by atoms with van der Waals surface area (Å²) >= 11 is 0. The molecule has 0 radical (unpaired) electrons. The van der Waals surface area contributed by atoms with Crippen LogP contribution in [0.2, 0.25) is 0 Å². The number of aromatic nitrogens is 2. The van der Waals surface area contributed by atoms with Gasteiger partial charge >= 0.3 is 11.7 Å². The van der Waals surface area contributed by atoms with Crippen LogP contribution in [0.15, 0.2) is 15.8 Å². The van der Waals surface area contributed by atoms with E-state index in [9.17, 15) is 19.5 Å². The van der Waals surface area contributed by atoms with Crippen molar-refractivity contribution in [3.8, 4) is 0 Å². The number of nitrogens with zero attached hydrogens (tertiary/aromatic N) is 1. The van der Waals surface area contributed by atoms with Crippen LogP contribution < -0.4 is 11.2 Å². The number of carboxylic acid groups (broad SMARTS) is 1. The van der Waals surface area contributed by atoms with Gasteiger partial charge < -0.3 is 20.1 Å². The lowest BCUT2D eigenvalue weighted by Gasteiger charge is -2.16. The van der Waals surface area contributed by atoms with E-state index in [1.165, 1.54) is 0 Å². The molecule has 2 heterocycles. The van der Waals surface area contributed by atoms with Crippen molar-refractivity contribution in [1.82, 2.24) is 9.55 Å². The quantitative estimate of drug-likeness (QED) is 0.518. The molecule has 20 heavy (non-hydrogen) atoms. The van der Waals surface area contributed by atoms with Crippen molar-refractivity contribution in [3.05, 3.63) is 32.6 Å². The number of nitrogens with one attached hydrogen (secondary N) is 1. The van der Waals surface area contributed by atoms with E-state index in [0.717, 1.165) is 10.8 Å². The molecular weight excluding hydrogens is 272 g/mol. The number of carboxylic acids is 1. The zero-order chi connectivity index (χ0) is 14.9. The monoisotopic (exact) mass is 286 g/mol. The Balaban J connectivity index is 2.40. The lowest BCUT2D eigenvalue weighted by atomic mass is 10.2. The molecule has 0 bridgehead atoms. The first-order chi connectivity index (χ1) is 9.43. The van der Waals surface area contributed by atoms with Gasteiger partial charge in [0, 0.05) is 6.20 Å². The highest BCUT2D eigenvalue weighted by molar-refractivity contribution is 5.73. The van der Waals surface area contributed by atoms with Crippen LogP contribution in [0.4, 0.5) is 0 Å². The SMILES string of the molecule is O=C(O)C(O)c1cn(C2CCC(CO)O2)c(=O)[nH]c1=O. The number of aliphatic hydroxyl groups excluding tert-OH is 2. The van der Waals surface area contributed by atoms with Crippen molar-refractivity contribution in [2.45, 2.75) is 31.3 Å². The molecule has 0 aliphatic carbocycles. The fourth-order valence-electron chi connectivity index (χ4n) is 2.07. The van der Waals surface area contributed by atoms with Gasteiger partial charge in [-0.25, -0.2) is 9.59 Å². The molecule has 0 saturated carbocycles. The molecule has 3 unspecified atom stereocenters. The van der Waals surface area contributed by atoms with Gasteiger partial charge in [0.25, 0.3) is 5.56 Å². The summed E-state index contributed by atoms with van der Waals surface area (Å²) in [5.41, 5.74) is -2.18. The summed E-state index contributed by atoms with van der Waals surface area (Å²) in [5, 5.41) is 27.1. The molecule has 1 saturated heterocycles. The van der Waals surface area contributed by atoms with Crippen LogP contribution in [0.3, 0.4) is 0 Å². The number of aliphatic carboxylic acids is 1. The van der Waals surface area contributed by atoms with Crippen LogP contribution in [0.25, 0.3) is 0 Å². The van der Waals surface area contributed by atoms with Crippen LogP contribution in [-0.2, 0) is 9.53 Å². The summed E-state index contributed by atoms with van der Waals surface area (Å²) in [6.45, 7) is -0.195. The third-order valence-corrected chi connectivity index (χ3v) is 3.12. The average molecular weight is 286 g/mol. The molecule has 0 amide bonds. The highest BCUT2D eigenvalue weighted by atomic mass is 16.5. The van der Waals surface area contributed by atoms with E-state index in [4.69, 9.17) is 14.9 Å². The molecule has 2 rings (SSSR count). The van der Waals surface area contributed by atoms with Gasteiger partial charge in [0.05, 0.1) is 18.3 Å². The minimum atomic E-state index is -2.03. The predicted octanol–water partition coefficient (Wildman–Crippen LogP) is -1.68. The Kier molecular flexibility index (Phi) is 4.02. The van der Waals surface area contributed by atoms with Gasteiger partial charge in [-0.1, -0.05) is 0 Å². The normalized spacial score (nSPS) is 23.7. The van der Waals surface area contributed by atoms with Gasteiger partial charge in [-0.15, -0.1) is 0 Å². The smallest absolute Gasteiger partial charge is 0.337 e. The topological polar surface area (TPSA) is 142 Å². The van der Waals surface area contributed by atoms with Crippen LogP contribution in [-0.4, -0.2) is 43.6 Å². The maximum absolute atomic E-state index is 11.7. The van der Waals surface area contributed by atoms with Crippen molar-refractivity contribution in [2.75, 3.05) is 6.61 Å². The van der Waals surface area contributed by atoms with Crippen molar-refractivity contribution < 1.29 is 24.9 Å². The number of hydrogen-bond donors (Lipinski definition) is 4. The zero-order valence-electron chi connectivity index (χ0n) is 10.4. The maximum atomic E-state index is 11.7. The number of rotatable bonds is 4. The lowest BCUT2D eigenvalue weighted by Crippen LogP contribution is -2.36. The molecule has 1 aliphatic rings. The maximum Gasteiger partial charge on any atom is 0.337 e. The second-order valence-electron chi connectivity index (χ2n) is 4.46. The first kappa shape index (κ1) is 14.4. The standard InChI is InChI=1S/C11H14N2O7/c14-4-5-1-2-7(20-5)13-3-6(8(15)10(17)18)9(16)12-11(13)19/h3,5,7-8,14-15H,1-2,4H2,(H,17,18)(H,12,16,19). The molecule has 1 aliphatic heterocycles. The van der Waals surface area contributed by atoms with E-state index in [-0.39, 0.29) is 6.61 Å². The Morgan fingerprint density at radius 3 is 2.75 bits per heavy atom. The lowest BCUT2D eigenvalue weighted by molar-refractivity contribution is -0.147. The summed E-state index contributed by atoms with van der Waals surface area (Å²) in [5.74, 6) is -1.60. The highest BCUT2D eigenvalue weighted by Gasteiger charge is 2.28. The molecule has 110 valence electrons. The van der Waals surface area contributed by atoms with Crippen LogP contribution in [0.5, 0.6) is 0 Å². The molecule has 9 nitrogen and oxygen atoms in total. The summed E-state index contributed by atoms with van der Waals surface area (Å²) in [6, 6.07) is 0. The molecule has 1 fully saturated rings. The number of carbonyl (C=O) groups is 1. The van der Waals surface area contributed by atoms with E-state index in [2.05, 4.69) is 0 Å². The molecule has 3 atom stereocenters. The van der Waals surface area contributed by atoms with E-state index in [1.54, 1.807) is 0 Å². The number of aliphatic hydroxyl groups is 2. The predicted molar refractivity (Wildman–Crippen MR) is 64.1 cm³/mol. The molecule has 9 heteroatoms. The molecule has 0 spiro atoms. The first-order valence-electron chi connectivity index (χ1n) is 5.96. The molecule has 0 aromatic carbocycles. The van der Waals surface area contributed by atoms with E-state index in [0.29, 0.717) is 12.8 Å². The summed E-state index contributed by atoms with van der Waals surface area (Å²) in [4.78, 5) is 35.9. The third kappa shape index (κ3) is 2.64. The molecule has 1 aromatic heterocycles. The average Bonchev–Trinajstić information content (AvgIpc) is 2.86. The van der Waals surface area contributed by atoms with Crippen LogP contribution in [0.1, 0.15) is 30.7 Å². The van der Waals surface area contributed by atoms with Crippen molar-refractivity contribution in [2.24, 2.45) is 0 Å². The summed E-state index contributed by atoms with van der Waals surface area (Å²) in [6.07, 6.45) is -1.21. The summed E-state index contributed by atoms with van der Waals surface area (Å²) in [7, 11) is 0. The number of H-pyrrole nitrogens is 1. The Morgan fingerprint density at radius 2 is 2.20 bits per heavy atom. The molecule has 1 aromatic rings. The number of ether oxygens (including phenoxy) is 1. The van der Waals surface area contributed by atoms with Gasteiger partial charge in [-0.2, -0.15) is 0 Å². The summed E-state index contributed by atoms with van der Waals surface area (Å²) < 4.78 is 6.39. The van der Waals surface area contributed by atoms with Crippen molar-refractivity contribution in [1.29, 1.82) is 0 Å². The number of aromatic amines is 1. The van der Waals surface area contributed by atoms with Gasteiger partial charge in [0.2, 0.25) is 0 Å². The fraction of sp³-hybridized carbons (Fsp3) is 0.545. The minimum Gasteiger partial charge on any atom is -0.479 e. The van der Waals surface area contributed by atoms with Crippen molar-refractivity contribution >= 4 is 5.97 Å². The van der Waals surface area contributed by atoms with Gasteiger partial charge in [0.15, 0.2) is 6.10 Å². The first-order valence-corrected chi connectivity index (χ1v) is 5.96. The Bertz CT molecular complexity index is 620.